The maximum atomic E-state index is 9.31. The number of ether oxygens (including phenoxy) is 1. The zero-order valence-electron chi connectivity index (χ0n) is 9.68. The lowest BCUT2D eigenvalue weighted by molar-refractivity contribution is 0.304. The van der Waals surface area contributed by atoms with E-state index in [1.165, 1.54) is 0 Å². The van der Waals surface area contributed by atoms with Gasteiger partial charge in [-0.05, 0) is 36.2 Å². The summed E-state index contributed by atoms with van der Waals surface area (Å²) in [6.07, 6.45) is 0. The molecule has 3 nitrogen and oxygen atoms in total. The molecule has 0 unspecified atom stereocenters. The third kappa shape index (κ3) is 2.69. The number of aryl methyl sites for hydroxylation is 1. The molecule has 88 valence electrons. The standard InChI is InChI=1S/C14H15NO2/c1-10-4-2-3-5-14(10)17-9-11-6-7-13(16)12(15)8-11/h2-8,16H,9,15H2,1H3. The number of phenolic OH excluding ortho intramolecular Hbond substituents is 1. The fraction of sp³-hybridized carbons (Fsp3) is 0.143. The molecule has 0 spiro atoms. The summed E-state index contributed by atoms with van der Waals surface area (Å²) in [5.74, 6) is 0.962. The van der Waals surface area contributed by atoms with E-state index in [2.05, 4.69) is 0 Å². The van der Waals surface area contributed by atoms with Crippen LogP contribution in [0.2, 0.25) is 0 Å². The lowest BCUT2D eigenvalue weighted by atomic mass is 10.2. The van der Waals surface area contributed by atoms with Gasteiger partial charge in [-0.1, -0.05) is 24.3 Å². The Labute approximate surface area is 100 Å². The van der Waals surface area contributed by atoms with Gasteiger partial charge >= 0.3 is 0 Å². The molecule has 0 aliphatic heterocycles. The smallest absolute Gasteiger partial charge is 0.138 e. The highest BCUT2D eigenvalue weighted by Gasteiger charge is 2.01. The largest absolute Gasteiger partial charge is 0.506 e. The topological polar surface area (TPSA) is 55.5 Å². The molecule has 0 atom stereocenters. The third-order valence-electron chi connectivity index (χ3n) is 2.58. The maximum absolute atomic E-state index is 9.31. The first-order valence-electron chi connectivity index (χ1n) is 5.42. The quantitative estimate of drug-likeness (QED) is 0.628. The van der Waals surface area contributed by atoms with Crippen molar-refractivity contribution in [2.45, 2.75) is 13.5 Å². The molecule has 0 amide bonds. The van der Waals surface area contributed by atoms with E-state index in [-0.39, 0.29) is 5.75 Å². The van der Waals surface area contributed by atoms with Crippen LogP contribution in [0.15, 0.2) is 42.5 Å². The van der Waals surface area contributed by atoms with Crippen molar-refractivity contribution < 1.29 is 9.84 Å². The Morgan fingerprint density at radius 2 is 1.94 bits per heavy atom. The van der Waals surface area contributed by atoms with Crippen LogP contribution in [0, 0.1) is 6.92 Å². The fourth-order valence-corrected chi connectivity index (χ4v) is 1.57. The predicted molar refractivity (Wildman–Crippen MR) is 68.0 cm³/mol. The maximum Gasteiger partial charge on any atom is 0.138 e. The highest BCUT2D eigenvalue weighted by molar-refractivity contribution is 5.53. The summed E-state index contributed by atoms with van der Waals surface area (Å²) in [5.41, 5.74) is 8.02. The molecule has 3 N–H and O–H groups in total. The van der Waals surface area contributed by atoms with Crippen molar-refractivity contribution in [1.29, 1.82) is 0 Å². The number of nitrogens with two attached hydrogens (primary N) is 1. The van der Waals surface area contributed by atoms with E-state index in [0.717, 1.165) is 16.9 Å². The van der Waals surface area contributed by atoms with Crippen LogP contribution in [0.5, 0.6) is 11.5 Å². The van der Waals surface area contributed by atoms with Gasteiger partial charge in [0.15, 0.2) is 0 Å². The van der Waals surface area contributed by atoms with Crippen LogP contribution in [-0.2, 0) is 6.61 Å². The van der Waals surface area contributed by atoms with Crippen LogP contribution in [0.25, 0.3) is 0 Å². The van der Waals surface area contributed by atoms with E-state index >= 15 is 0 Å². The van der Waals surface area contributed by atoms with Gasteiger partial charge in [0.25, 0.3) is 0 Å². The fourth-order valence-electron chi connectivity index (χ4n) is 1.57. The van der Waals surface area contributed by atoms with Crippen LogP contribution in [0.4, 0.5) is 5.69 Å². The van der Waals surface area contributed by atoms with E-state index in [1.54, 1.807) is 18.2 Å². The molecule has 17 heavy (non-hydrogen) atoms. The van der Waals surface area contributed by atoms with Gasteiger partial charge in [-0.3, -0.25) is 0 Å². The van der Waals surface area contributed by atoms with Gasteiger partial charge in [-0.15, -0.1) is 0 Å². The first-order valence-corrected chi connectivity index (χ1v) is 5.42. The number of para-hydroxylation sites is 1. The minimum atomic E-state index is 0.102. The number of hydrogen-bond donors (Lipinski definition) is 2. The van der Waals surface area contributed by atoms with Gasteiger partial charge < -0.3 is 15.6 Å². The van der Waals surface area contributed by atoms with E-state index < -0.39 is 0 Å². The Hall–Kier alpha value is -2.16. The van der Waals surface area contributed by atoms with Crippen LogP contribution in [-0.4, -0.2) is 5.11 Å². The van der Waals surface area contributed by atoms with Gasteiger partial charge in [0.2, 0.25) is 0 Å². The first-order chi connectivity index (χ1) is 8.16. The summed E-state index contributed by atoms with van der Waals surface area (Å²) in [4.78, 5) is 0. The SMILES string of the molecule is Cc1ccccc1OCc1ccc(O)c(N)c1. The first kappa shape index (κ1) is 11.3. The van der Waals surface area contributed by atoms with Gasteiger partial charge in [-0.2, -0.15) is 0 Å². The molecule has 0 radical (unpaired) electrons. The zero-order chi connectivity index (χ0) is 12.3. The number of nitrogen functional groups attached to an aromatic ring is 1. The highest BCUT2D eigenvalue weighted by atomic mass is 16.5. The number of phenols is 1. The van der Waals surface area contributed by atoms with Crippen molar-refractivity contribution in [3.05, 3.63) is 53.6 Å². The summed E-state index contributed by atoms with van der Waals surface area (Å²) in [6, 6.07) is 12.9. The summed E-state index contributed by atoms with van der Waals surface area (Å²) < 4.78 is 5.68. The van der Waals surface area contributed by atoms with Crippen molar-refractivity contribution in [3.8, 4) is 11.5 Å². The van der Waals surface area contributed by atoms with Gasteiger partial charge in [0.1, 0.15) is 18.1 Å². The molecule has 0 fully saturated rings. The molecule has 0 aliphatic rings. The van der Waals surface area contributed by atoms with E-state index in [4.69, 9.17) is 10.5 Å². The average molecular weight is 229 g/mol. The lowest BCUT2D eigenvalue weighted by Crippen LogP contribution is -1.98. The van der Waals surface area contributed by atoms with Crippen molar-refractivity contribution in [2.75, 3.05) is 5.73 Å². The van der Waals surface area contributed by atoms with Crippen LogP contribution < -0.4 is 10.5 Å². The third-order valence-corrected chi connectivity index (χ3v) is 2.58. The normalized spacial score (nSPS) is 10.2. The van der Waals surface area contributed by atoms with Crippen molar-refractivity contribution >= 4 is 5.69 Å². The monoisotopic (exact) mass is 229 g/mol. The van der Waals surface area contributed by atoms with E-state index in [9.17, 15) is 5.11 Å². The second-order valence-corrected chi connectivity index (χ2v) is 3.95. The van der Waals surface area contributed by atoms with Crippen molar-refractivity contribution in [2.24, 2.45) is 0 Å². The van der Waals surface area contributed by atoms with Gasteiger partial charge in [0.05, 0.1) is 5.69 Å². The molecule has 0 saturated carbocycles. The van der Waals surface area contributed by atoms with Crippen molar-refractivity contribution in [3.63, 3.8) is 0 Å². The molecule has 0 aliphatic carbocycles. The molecule has 0 aromatic heterocycles. The number of hydrogen-bond acceptors (Lipinski definition) is 3. The molecule has 2 rings (SSSR count). The second-order valence-electron chi connectivity index (χ2n) is 3.95. The highest BCUT2D eigenvalue weighted by Crippen LogP contribution is 2.22. The molecular weight excluding hydrogens is 214 g/mol. The van der Waals surface area contributed by atoms with Gasteiger partial charge in [-0.25, -0.2) is 0 Å². The van der Waals surface area contributed by atoms with Crippen molar-refractivity contribution in [1.82, 2.24) is 0 Å². The zero-order valence-corrected chi connectivity index (χ0v) is 9.68. The van der Waals surface area contributed by atoms with Gasteiger partial charge in [0, 0.05) is 0 Å². The summed E-state index contributed by atoms with van der Waals surface area (Å²) in [5, 5.41) is 9.31. The number of anilines is 1. The minimum absolute atomic E-state index is 0.102. The van der Waals surface area contributed by atoms with Crippen LogP contribution in [0.3, 0.4) is 0 Å². The summed E-state index contributed by atoms with van der Waals surface area (Å²) in [6.45, 7) is 2.44. The van der Waals surface area contributed by atoms with E-state index in [1.807, 2.05) is 31.2 Å². The number of rotatable bonds is 3. The molecular formula is C14H15NO2. The van der Waals surface area contributed by atoms with Crippen LogP contribution in [0.1, 0.15) is 11.1 Å². The van der Waals surface area contributed by atoms with E-state index in [0.29, 0.717) is 12.3 Å². The summed E-state index contributed by atoms with van der Waals surface area (Å²) >= 11 is 0. The molecule has 2 aromatic carbocycles. The number of benzene rings is 2. The Balaban J connectivity index is 2.08. The Kier molecular flexibility index (Phi) is 3.19. The predicted octanol–water partition coefficient (Wildman–Crippen LogP) is 2.86. The molecule has 0 saturated heterocycles. The Bertz CT molecular complexity index is 523. The summed E-state index contributed by atoms with van der Waals surface area (Å²) in [7, 11) is 0. The average Bonchev–Trinajstić information content (AvgIpc) is 2.32. The molecule has 0 heterocycles. The minimum Gasteiger partial charge on any atom is -0.506 e. The Morgan fingerprint density at radius 1 is 1.18 bits per heavy atom. The molecule has 0 bridgehead atoms. The Morgan fingerprint density at radius 3 is 2.65 bits per heavy atom. The molecule has 2 aromatic rings. The van der Waals surface area contributed by atoms with Crippen LogP contribution >= 0.6 is 0 Å². The lowest BCUT2D eigenvalue weighted by Gasteiger charge is -2.09. The second kappa shape index (κ2) is 4.78. The number of aromatic hydroxyl groups is 1. The molecule has 3 heteroatoms.